The fourth-order valence-corrected chi connectivity index (χ4v) is 3.96. The highest BCUT2D eigenvalue weighted by molar-refractivity contribution is 7.92. The summed E-state index contributed by atoms with van der Waals surface area (Å²) in [4.78, 5) is 12.5. The fraction of sp³-hybridized carbons (Fsp3) is 0.0952. The summed E-state index contributed by atoms with van der Waals surface area (Å²) in [5, 5.41) is 3.03. The van der Waals surface area contributed by atoms with Gasteiger partial charge in [0.15, 0.2) is 0 Å². The lowest BCUT2D eigenvalue weighted by atomic mass is 10.2. The topological polar surface area (TPSA) is 93.7 Å². The highest BCUT2D eigenvalue weighted by Crippen LogP contribution is 2.36. The van der Waals surface area contributed by atoms with Gasteiger partial charge in [0.2, 0.25) is 0 Å². The predicted molar refractivity (Wildman–Crippen MR) is 116 cm³/mol. The van der Waals surface area contributed by atoms with E-state index in [1.54, 1.807) is 0 Å². The minimum absolute atomic E-state index is 0.0838. The van der Waals surface area contributed by atoms with Crippen LogP contribution < -0.4 is 19.5 Å². The van der Waals surface area contributed by atoms with Crippen molar-refractivity contribution in [1.29, 1.82) is 0 Å². The molecule has 0 saturated heterocycles. The molecule has 0 fully saturated rings. The van der Waals surface area contributed by atoms with E-state index in [1.165, 1.54) is 50.6 Å². The molecule has 0 aromatic heterocycles. The number of hydrogen-bond donors (Lipinski definition) is 2. The quantitative estimate of drug-likeness (QED) is 0.535. The SMILES string of the molecule is COc1cc(NC(=O)c2ccc(NS(=O)(=O)c3ccc(F)cc3)cc2)c(OC)cc1Cl. The summed E-state index contributed by atoms with van der Waals surface area (Å²) in [5.74, 6) is -0.272. The predicted octanol–water partition coefficient (Wildman–Crippen LogP) is 4.55. The summed E-state index contributed by atoms with van der Waals surface area (Å²) < 4.78 is 50.5. The first-order chi connectivity index (χ1) is 14.7. The van der Waals surface area contributed by atoms with Gasteiger partial charge in [0.1, 0.15) is 17.3 Å². The van der Waals surface area contributed by atoms with Crippen LogP contribution in [0.15, 0.2) is 65.6 Å². The molecule has 3 rings (SSSR count). The number of amides is 1. The number of benzene rings is 3. The molecule has 2 N–H and O–H groups in total. The zero-order valence-corrected chi connectivity index (χ0v) is 18.1. The van der Waals surface area contributed by atoms with Crippen LogP contribution >= 0.6 is 11.6 Å². The molecule has 0 aliphatic heterocycles. The molecule has 0 aliphatic rings. The highest BCUT2D eigenvalue weighted by Gasteiger charge is 2.16. The fourth-order valence-electron chi connectivity index (χ4n) is 2.67. The molecule has 0 heterocycles. The molecule has 31 heavy (non-hydrogen) atoms. The van der Waals surface area contributed by atoms with Gasteiger partial charge in [-0.2, -0.15) is 0 Å². The number of methoxy groups -OCH3 is 2. The van der Waals surface area contributed by atoms with E-state index in [0.29, 0.717) is 22.2 Å². The van der Waals surface area contributed by atoms with Crippen LogP contribution in [0.1, 0.15) is 10.4 Å². The first-order valence-electron chi connectivity index (χ1n) is 8.85. The molecule has 7 nitrogen and oxygen atoms in total. The third kappa shape index (κ3) is 5.25. The van der Waals surface area contributed by atoms with Crippen LogP contribution in [0, 0.1) is 5.82 Å². The van der Waals surface area contributed by atoms with Crippen LogP contribution in [-0.4, -0.2) is 28.5 Å². The van der Waals surface area contributed by atoms with E-state index in [-0.39, 0.29) is 16.1 Å². The van der Waals surface area contributed by atoms with E-state index in [0.717, 1.165) is 24.3 Å². The molecule has 0 spiro atoms. The minimum Gasteiger partial charge on any atom is -0.495 e. The Kier molecular flexibility index (Phi) is 6.67. The third-order valence-corrected chi connectivity index (χ3v) is 5.94. The molecular formula is C21H18ClFN2O5S. The van der Waals surface area contributed by atoms with Crippen molar-refractivity contribution in [3.05, 3.63) is 77.1 Å². The third-order valence-electron chi connectivity index (χ3n) is 4.25. The second-order valence-electron chi connectivity index (χ2n) is 6.28. The maximum atomic E-state index is 13.0. The van der Waals surface area contributed by atoms with Crippen molar-refractivity contribution in [1.82, 2.24) is 0 Å². The number of anilines is 2. The van der Waals surface area contributed by atoms with Gasteiger partial charge in [-0.3, -0.25) is 9.52 Å². The van der Waals surface area contributed by atoms with Crippen molar-refractivity contribution >= 4 is 38.9 Å². The van der Waals surface area contributed by atoms with Crippen LogP contribution in [0.5, 0.6) is 11.5 Å². The summed E-state index contributed by atoms with van der Waals surface area (Å²) in [6.07, 6.45) is 0. The average molecular weight is 465 g/mol. The molecule has 10 heteroatoms. The average Bonchev–Trinajstić information content (AvgIpc) is 2.75. The molecule has 3 aromatic rings. The number of rotatable bonds is 7. The Bertz CT molecular complexity index is 1200. The van der Waals surface area contributed by atoms with Crippen molar-refractivity contribution in [3.63, 3.8) is 0 Å². The van der Waals surface area contributed by atoms with Crippen LogP contribution in [0.25, 0.3) is 0 Å². The molecule has 0 unspecified atom stereocenters. The lowest BCUT2D eigenvalue weighted by Gasteiger charge is -2.13. The Balaban J connectivity index is 1.76. The van der Waals surface area contributed by atoms with Crippen molar-refractivity contribution in [3.8, 4) is 11.5 Å². The summed E-state index contributed by atoms with van der Waals surface area (Å²) in [7, 11) is -1.00. The van der Waals surface area contributed by atoms with Crippen molar-refractivity contribution in [2.24, 2.45) is 0 Å². The number of sulfonamides is 1. The van der Waals surface area contributed by atoms with Gasteiger partial charge in [-0.05, 0) is 48.5 Å². The molecule has 0 bridgehead atoms. The van der Waals surface area contributed by atoms with Gasteiger partial charge in [-0.25, -0.2) is 12.8 Å². The number of carbonyl (C=O) groups excluding carboxylic acids is 1. The van der Waals surface area contributed by atoms with Crippen LogP contribution in [0.4, 0.5) is 15.8 Å². The second-order valence-corrected chi connectivity index (χ2v) is 8.37. The summed E-state index contributed by atoms with van der Waals surface area (Å²) in [6, 6.07) is 13.3. The number of nitrogens with one attached hydrogen (secondary N) is 2. The minimum atomic E-state index is -3.89. The highest BCUT2D eigenvalue weighted by atomic mass is 35.5. The molecule has 1 amide bonds. The molecule has 0 aliphatic carbocycles. The van der Waals surface area contributed by atoms with Crippen molar-refractivity contribution in [2.45, 2.75) is 4.90 Å². The van der Waals surface area contributed by atoms with Gasteiger partial charge in [0.05, 0.1) is 29.8 Å². The Morgan fingerprint density at radius 3 is 2.13 bits per heavy atom. The monoisotopic (exact) mass is 464 g/mol. The van der Waals surface area contributed by atoms with Gasteiger partial charge < -0.3 is 14.8 Å². The molecule has 0 radical (unpaired) electrons. The molecule has 0 atom stereocenters. The van der Waals surface area contributed by atoms with Gasteiger partial charge in [0.25, 0.3) is 15.9 Å². The molecule has 0 saturated carbocycles. The maximum Gasteiger partial charge on any atom is 0.261 e. The smallest absolute Gasteiger partial charge is 0.261 e. The summed E-state index contributed by atoms with van der Waals surface area (Å²) in [5.41, 5.74) is 0.877. The lowest BCUT2D eigenvalue weighted by Crippen LogP contribution is -2.14. The Morgan fingerprint density at radius 2 is 1.55 bits per heavy atom. The lowest BCUT2D eigenvalue weighted by molar-refractivity contribution is 0.102. The maximum absolute atomic E-state index is 13.0. The van der Waals surface area contributed by atoms with E-state index in [4.69, 9.17) is 21.1 Å². The Labute approximate surface area is 183 Å². The van der Waals surface area contributed by atoms with Gasteiger partial charge in [-0.15, -0.1) is 0 Å². The van der Waals surface area contributed by atoms with E-state index < -0.39 is 21.7 Å². The number of ether oxygens (including phenoxy) is 2. The van der Waals surface area contributed by atoms with E-state index in [1.807, 2.05) is 0 Å². The molecular weight excluding hydrogens is 447 g/mol. The van der Waals surface area contributed by atoms with Gasteiger partial charge in [0, 0.05) is 23.4 Å². The summed E-state index contributed by atoms with van der Waals surface area (Å²) in [6.45, 7) is 0. The number of halogens is 2. The summed E-state index contributed by atoms with van der Waals surface area (Å²) >= 11 is 6.06. The van der Waals surface area contributed by atoms with Crippen molar-refractivity contribution < 1.29 is 27.1 Å². The van der Waals surface area contributed by atoms with Crippen LogP contribution in [0.3, 0.4) is 0 Å². The van der Waals surface area contributed by atoms with Crippen molar-refractivity contribution in [2.75, 3.05) is 24.3 Å². The van der Waals surface area contributed by atoms with Gasteiger partial charge in [-0.1, -0.05) is 11.6 Å². The zero-order valence-electron chi connectivity index (χ0n) is 16.5. The normalized spacial score (nSPS) is 11.0. The van der Waals surface area contributed by atoms with Crippen LogP contribution in [0.2, 0.25) is 5.02 Å². The zero-order chi connectivity index (χ0) is 22.6. The first kappa shape index (κ1) is 22.4. The Morgan fingerprint density at radius 1 is 0.935 bits per heavy atom. The van der Waals surface area contributed by atoms with E-state index in [9.17, 15) is 17.6 Å². The largest absolute Gasteiger partial charge is 0.495 e. The first-order valence-corrected chi connectivity index (χ1v) is 10.7. The molecule has 3 aromatic carbocycles. The van der Waals surface area contributed by atoms with E-state index in [2.05, 4.69) is 10.0 Å². The molecule has 162 valence electrons. The number of carbonyl (C=O) groups is 1. The second kappa shape index (κ2) is 9.23. The standard InChI is InChI=1S/C21H18ClFN2O5S/c1-29-19-12-18(20(30-2)11-17(19)22)24-21(26)13-3-7-15(8-4-13)25-31(27,28)16-9-5-14(23)6-10-16/h3-12,25H,1-2H3,(H,24,26). The van der Waals surface area contributed by atoms with Crippen LogP contribution in [-0.2, 0) is 10.0 Å². The van der Waals surface area contributed by atoms with Gasteiger partial charge >= 0.3 is 0 Å². The van der Waals surface area contributed by atoms with E-state index >= 15 is 0 Å². The Hall–Kier alpha value is -3.30. The number of hydrogen-bond acceptors (Lipinski definition) is 5.